The van der Waals surface area contributed by atoms with E-state index in [9.17, 15) is 0 Å². The van der Waals surface area contributed by atoms with E-state index in [0.717, 1.165) is 22.6 Å². The first-order valence-electron chi connectivity index (χ1n) is 6.76. The summed E-state index contributed by atoms with van der Waals surface area (Å²) in [5.41, 5.74) is 8.30. The van der Waals surface area contributed by atoms with Gasteiger partial charge in [-0.25, -0.2) is 0 Å². The Morgan fingerprint density at radius 1 is 0.905 bits per heavy atom. The van der Waals surface area contributed by atoms with Crippen molar-refractivity contribution >= 4 is 0 Å². The maximum atomic E-state index is 6.42. The van der Waals surface area contributed by atoms with Gasteiger partial charge < -0.3 is 19.9 Å². The number of ether oxygens (including phenoxy) is 3. The van der Waals surface area contributed by atoms with Crippen molar-refractivity contribution in [2.24, 2.45) is 5.73 Å². The van der Waals surface area contributed by atoms with Gasteiger partial charge in [0.1, 0.15) is 17.6 Å². The molecule has 2 aromatic carbocycles. The first-order chi connectivity index (χ1) is 10.2. The predicted molar refractivity (Wildman–Crippen MR) is 82.7 cm³/mol. The molecular formula is C17H21NO3. The van der Waals surface area contributed by atoms with Crippen molar-refractivity contribution in [1.82, 2.24) is 0 Å². The molecule has 0 spiro atoms. The fraction of sp³-hybridized carbons (Fsp3) is 0.294. The molecule has 0 amide bonds. The van der Waals surface area contributed by atoms with Crippen molar-refractivity contribution in [1.29, 1.82) is 0 Å². The Morgan fingerprint density at radius 2 is 1.62 bits per heavy atom. The van der Waals surface area contributed by atoms with E-state index >= 15 is 0 Å². The highest BCUT2D eigenvalue weighted by Gasteiger charge is 2.24. The maximum absolute atomic E-state index is 6.42. The highest BCUT2D eigenvalue weighted by Crippen LogP contribution is 2.36. The lowest BCUT2D eigenvalue weighted by atomic mass is 9.95. The average molecular weight is 287 g/mol. The average Bonchev–Trinajstić information content (AvgIpc) is 2.55. The fourth-order valence-electron chi connectivity index (χ4n) is 2.40. The standard InChI is InChI=1S/C17H21NO3/c1-19-13-9-10-15(20-2)14(11-13)16(18)17(21-3)12-7-5-4-6-8-12/h4-11,16-17H,18H2,1-3H3. The summed E-state index contributed by atoms with van der Waals surface area (Å²) in [6, 6.07) is 15.1. The zero-order valence-electron chi connectivity index (χ0n) is 12.6. The third-order valence-corrected chi connectivity index (χ3v) is 3.50. The Hall–Kier alpha value is -2.04. The zero-order chi connectivity index (χ0) is 15.2. The van der Waals surface area contributed by atoms with Crippen LogP contribution in [0.4, 0.5) is 0 Å². The smallest absolute Gasteiger partial charge is 0.124 e. The van der Waals surface area contributed by atoms with Crippen molar-refractivity contribution in [3.63, 3.8) is 0 Å². The van der Waals surface area contributed by atoms with Crippen LogP contribution in [0.25, 0.3) is 0 Å². The highest BCUT2D eigenvalue weighted by atomic mass is 16.5. The van der Waals surface area contributed by atoms with Crippen LogP contribution < -0.4 is 15.2 Å². The maximum Gasteiger partial charge on any atom is 0.124 e. The van der Waals surface area contributed by atoms with Crippen LogP contribution in [0.15, 0.2) is 48.5 Å². The number of benzene rings is 2. The molecule has 0 bridgehead atoms. The molecule has 0 saturated heterocycles. The summed E-state index contributed by atoms with van der Waals surface area (Å²) in [6.45, 7) is 0. The van der Waals surface area contributed by atoms with E-state index in [0.29, 0.717) is 0 Å². The molecule has 2 rings (SSSR count). The van der Waals surface area contributed by atoms with Gasteiger partial charge in [0.15, 0.2) is 0 Å². The molecule has 2 unspecified atom stereocenters. The van der Waals surface area contributed by atoms with Gasteiger partial charge >= 0.3 is 0 Å². The van der Waals surface area contributed by atoms with E-state index in [1.54, 1.807) is 21.3 Å². The Morgan fingerprint density at radius 3 is 2.19 bits per heavy atom. The van der Waals surface area contributed by atoms with Gasteiger partial charge in [-0.3, -0.25) is 0 Å². The summed E-state index contributed by atoms with van der Waals surface area (Å²) in [5, 5.41) is 0. The minimum atomic E-state index is -0.359. The summed E-state index contributed by atoms with van der Waals surface area (Å²) in [7, 11) is 4.91. The zero-order valence-corrected chi connectivity index (χ0v) is 12.6. The number of rotatable bonds is 6. The molecule has 0 fully saturated rings. The SMILES string of the molecule is COc1ccc(OC)c(C(N)C(OC)c2ccccc2)c1. The van der Waals surface area contributed by atoms with E-state index in [1.165, 1.54) is 0 Å². The van der Waals surface area contributed by atoms with Gasteiger partial charge in [-0.05, 0) is 23.8 Å². The lowest BCUT2D eigenvalue weighted by Gasteiger charge is -2.25. The number of nitrogens with two attached hydrogens (primary N) is 1. The molecule has 0 heterocycles. The molecule has 2 aromatic rings. The summed E-state index contributed by atoms with van der Waals surface area (Å²) < 4.78 is 16.3. The van der Waals surface area contributed by atoms with Gasteiger partial charge in [-0.15, -0.1) is 0 Å². The fourth-order valence-corrected chi connectivity index (χ4v) is 2.40. The van der Waals surface area contributed by atoms with Crippen LogP contribution in [-0.2, 0) is 4.74 Å². The third-order valence-electron chi connectivity index (χ3n) is 3.50. The van der Waals surface area contributed by atoms with Crippen LogP contribution >= 0.6 is 0 Å². The molecule has 4 heteroatoms. The number of methoxy groups -OCH3 is 3. The number of hydrogen-bond donors (Lipinski definition) is 1. The number of hydrogen-bond acceptors (Lipinski definition) is 4. The molecule has 0 aromatic heterocycles. The summed E-state index contributed by atoms with van der Waals surface area (Å²) in [5.74, 6) is 1.46. The molecule has 0 aliphatic heterocycles. The first kappa shape index (κ1) is 15.4. The van der Waals surface area contributed by atoms with Gasteiger partial charge in [0.25, 0.3) is 0 Å². The molecule has 112 valence electrons. The summed E-state index contributed by atoms with van der Waals surface area (Å²) in [4.78, 5) is 0. The lowest BCUT2D eigenvalue weighted by molar-refractivity contribution is 0.0793. The minimum Gasteiger partial charge on any atom is -0.497 e. The van der Waals surface area contributed by atoms with Crippen LogP contribution in [0.5, 0.6) is 11.5 Å². The quantitative estimate of drug-likeness (QED) is 0.887. The van der Waals surface area contributed by atoms with Crippen LogP contribution in [0, 0.1) is 0 Å². The van der Waals surface area contributed by atoms with Crippen LogP contribution in [0.2, 0.25) is 0 Å². The molecule has 2 atom stereocenters. The van der Waals surface area contributed by atoms with Gasteiger partial charge in [0, 0.05) is 12.7 Å². The van der Waals surface area contributed by atoms with Crippen molar-refractivity contribution in [2.45, 2.75) is 12.1 Å². The Bertz CT molecular complexity index is 572. The van der Waals surface area contributed by atoms with E-state index in [-0.39, 0.29) is 12.1 Å². The van der Waals surface area contributed by atoms with E-state index in [4.69, 9.17) is 19.9 Å². The molecule has 21 heavy (non-hydrogen) atoms. The first-order valence-corrected chi connectivity index (χ1v) is 6.76. The predicted octanol–water partition coefficient (Wildman–Crippen LogP) is 3.09. The normalized spacial score (nSPS) is 13.5. The Balaban J connectivity index is 2.39. The van der Waals surface area contributed by atoms with E-state index < -0.39 is 0 Å². The second kappa shape index (κ2) is 7.11. The van der Waals surface area contributed by atoms with Crippen LogP contribution in [0.1, 0.15) is 23.3 Å². The van der Waals surface area contributed by atoms with Crippen LogP contribution in [0.3, 0.4) is 0 Å². The second-order valence-corrected chi connectivity index (χ2v) is 4.70. The lowest BCUT2D eigenvalue weighted by Crippen LogP contribution is -2.22. The molecule has 2 N–H and O–H groups in total. The van der Waals surface area contributed by atoms with E-state index in [2.05, 4.69) is 0 Å². The van der Waals surface area contributed by atoms with Crippen molar-refractivity contribution in [2.75, 3.05) is 21.3 Å². The highest BCUT2D eigenvalue weighted by molar-refractivity contribution is 5.43. The molecule has 0 radical (unpaired) electrons. The van der Waals surface area contributed by atoms with Gasteiger partial charge in [0.05, 0.1) is 20.3 Å². The minimum absolute atomic E-state index is 0.257. The van der Waals surface area contributed by atoms with Gasteiger partial charge in [-0.2, -0.15) is 0 Å². The van der Waals surface area contributed by atoms with Crippen LogP contribution in [-0.4, -0.2) is 21.3 Å². The van der Waals surface area contributed by atoms with Crippen molar-refractivity contribution < 1.29 is 14.2 Å². The Labute approximate surface area is 125 Å². The van der Waals surface area contributed by atoms with Gasteiger partial charge in [-0.1, -0.05) is 30.3 Å². The molecular weight excluding hydrogens is 266 g/mol. The molecule has 0 saturated carbocycles. The second-order valence-electron chi connectivity index (χ2n) is 4.70. The largest absolute Gasteiger partial charge is 0.497 e. The monoisotopic (exact) mass is 287 g/mol. The molecule has 0 aliphatic carbocycles. The van der Waals surface area contributed by atoms with Crippen molar-refractivity contribution in [3.8, 4) is 11.5 Å². The Kier molecular flexibility index (Phi) is 5.20. The van der Waals surface area contributed by atoms with Crippen molar-refractivity contribution in [3.05, 3.63) is 59.7 Å². The topological polar surface area (TPSA) is 53.7 Å². The summed E-state index contributed by atoms with van der Waals surface area (Å²) >= 11 is 0. The van der Waals surface area contributed by atoms with Gasteiger partial charge in [0.2, 0.25) is 0 Å². The molecule has 0 aliphatic rings. The third kappa shape index (κ3) is 3.35. The summed E-state index contributed by atoms with van der Waals surface area (Å²) in [6.07, 6.45) is -0.257. The van der Waals surface area contributed by atoms with E-state index in [1.807, 2.05) is 48.5 Å². The molecule has 4 nitrogen and oxygen atoms in total.